The maximum atomic E-state index is 12.7. The molecule has 4 heterocycles. The van der Waals surface area contributed by atoms with Crippen molar-refractivity contribution in [2.24, 2.45) is 0 Å². The van der Waals surface area contributed by atoms with Crippen LogP contribution in [0, 0.1) is 0 Å². The Kier molecular flexibility index (Phi) is 4.94. The highest BCUT2D eigenvalue weighted by molar-refractivity contribution is 7.18. The van der Waals surface area contributed by atoms with Crippen molar-refractivity contribution >= 4 is 39.4 Å². The number of carbonyl (C=O) groups is 1. The molecular formula is C20H22N4O2S. The van der Waals surface area contributed by atoms with Crippen molar-refractivity contribution in [2.45, 2.75) is 20.3 Å². The minimum Gasteiger partial charge on any atom is -0.465 e. The second-order valence-electron chi connectivity index (χ2n) is 6.60. The molecule has 1 fully saturated rings. The average molecular weight is 382 g/mol. The maximum Gasteiger partial charge on any atom is 0.249 e. The number of nitrogens with zero attached hydrogens (tertiary/aromatic N) is 4. The highest BCUT2D eigenvalue weighted by Gasteiger charge is 2.24. The molecular weight excluding hydrogens is 360 g/mol. The molecule has 0 spiro atoms. The molecule has 0 saturated carbocycles. The molecule has 1 aliphatic rings. The quantitative estimate of drug-likeness (QED) is 0.645. The summed E-state index contributed by atoms with van der Waals surface area (Å²) in [6, 6.07) is 5.86. The summed E-state index contributed by atoms with van der Waals surface area (Å²) in [7, 11) is 0. The highest BCUT2D eigenvalue weighted by atomic mass is 32.1. The number of hydrogen-bond donors (Lipinski definition) is 0. The third kappa shape index (κ3) is 3.60. The molecule has 0 unspecified atom stereocenters. The van der Waals surface area contributed by atoms with Crippen LogP contribution in [0.15, 0.2) is 40.8 Å². The molecule has 3 aromatic heterocycles. The van der Waals surface area contributed by atoms with Crippen molar-refractivity contribution in [1.82, 2.24) is 14.9 Å². The van der Waals surface area contributed by atoms with Crippen molar-refractivity contribution in [3.63, 3.8) is 0 Å². The number of rotatable bonds is 4. The Morgan fingerprint density at radius 3 is 2.81 bits per heavy atom. The fraction of sp³-hybridized carbons (Fsp3) is 0.350. The zero-order chi connectivity index (χ0) is 18.8. The van der Waals surface area contributed by atoms with Crippen LogP contribution in [0.3, 0.4) is 0 Å². The molecule has 1 aliphatic heterocycles. The Hall–Kier alpha value is -2.67. The van der Waals surface area contributed by atoms with Gasteiger partial charge in [-0.2, -0.15) is 0 Å². The summed E-state index contributed by atoms with van der Waals surface area (Å²) in [5, 5.41) is 1.12. The van der Waals surface area contributed by atoms with Crippen molar-refractivity contribution in [3.8, 4) is 0 Å². The number of anilines is 1. The van der Waals surface area contributed by atoms with E-state index in [1.165, 1.54) is 4.88 Å². The van der Waals surface area contributed by atoms with E-state index in [0.717, 1.165) is 35.5 Å². The Morgan fingerprint density at radius 1 is 1.30 bits per heavy atom. The first kappa shape index (κ1) is 17.7. The number of carbonyl (C=O) groups excluding carboxylic acids is 1. The van der Waals surface area contributed by atoms with Gasteiger partial charge in [0, 0.05) is 36.6 Å². The van der Waals surface area contributed by atoms with Crippen LogP contribution in [0.1, 0.15) is 24.5 Å². The maximum absolute atomic E-state index is 12.7. The standard InChI is InChI=1S/C20H22N4O2S/c1-3-16-12-17-18(21-13-22-19(17)27-16)23-6-8-24(9-7-23)20(25)14(2)11-15-5-4-10-26-15/h4-5,10-13H,3,6-9H2,1-2H3/b14-11+. The molecule has 1 amide bonds. The molecule has 27 heavy (non-hydrogen) atoms. The van der Waals surface area contributed by atoms with Gasteiger partial charge in [-0.25, -0.2) is 9.97 Å². The minimum atomic E-state index is 0.0580. The lowest BCUT2D eigenvalue weighted by atomic mass is 10.2. The molecule has 0 aliphatic carbocycles. The fourth-order valence-electron chi connectivity index (χ4n) is 3.34. The van der Waals surface area contributed by atoms with Crippen LogP contribution in [0.4, 0.5) is 5.82 Å². The monoisotopic (exact) mass is 382 g/mol. The van der Waals surface area contributed by atoms with E-state index in [1.54, 1.807) is 30.0 Å². The predicted octanol–water partition coefficient (Wildman–Crippen LogP) is 3.60. The van der Waals surface area contributed by atoms with Gasteiger partial charge in [-0.05, 0) is 37.6 Å². The second-order valence-corrected chi connectivity index (χ2v) is 7.72. The van der Waals surface area contributed by atoms with E-state index in [9.17, 15) is 4.79 Å². The first-order valence-corrected chi connectivity index (χ1v) is 9.97. The molecule has 6 nitrogen and oxygen atoms in total. The lowest BCUT2D eigenvalue weighted by Gasteiger charge is -2.35. The van der Waals surface area contributed by atoms with Gasteiger partial charge in [0.15, 0.2) is 0 Å². The number of piperazine rings is 1. The van der Waals surface area contributed by atoms with Crippen molar-refractivity contribution < 1.29 is 9.21 Å². The molecule has 4 rings (SSSR count). The average Bonchev–Trinajstić information content (AvgIpc) is 3.36. The number of hydrogen-bond acceptors (Lipinski definition) is 6. The SMILES string of the molecule is CCc1cc2c(N3CCN(C(=O)/C(C)=C/c4ccco4)CC3)ncnc2s1. The first-order valence-electron chi connectivity index (χ1n) is 9.15. The largest absolute Gasteiger partial charge is 0.465 e. The number of aromatic nitrogens is 2. The van der Waals surface area contributed by atoms with Crippen molar-refractivity contribution in [3.05, 3.63) is 47.0 Å². The van der Waals surface area contributed by atoms with Gasteiger partial charge in [-0.3, -0.25) is 4.79 Å². The molecule has 3 aromatic rings. The van der Waals surface area contributed by atoms with Crippen LogP contribution in [0.2, 0.25) is 0 Å². The van der Waals surface area contributed by atoms with Crippen LogP contribution in [-0.2, 0) is 11.2 Å². The summed E-state index contributed by atoms with van der Waals surface area (Å²) < 4.78 is 5.30. The third-order valence-corrected chi connectivity index (χ3v) is 6.00. The van der Waals surface area contributed by atoms with Gasteiger partial charge < -0.3 is 14.2 Å². The van der Waals surface area contributed by atoms with Crippen LogP contribution < -0.4 is 4.90 Å². The predicted molar refractivity (Wildman–Crippen MR) is 108 cm³/mol. The summed E-state index contributed by atoms with van der Waals surface area (Å²) in [5.74, 6) is 1.74. The summed E-state index contributed by atoms with van der Waals surface area (Å²) in [6.07, 6.45) is 6.05. The molecule has 140 valence electrons. The zero-order valence-corrected chi connectivity index (χ0v) is 16.3. The van der Waals surface area contributed by atoms with Gasteiger partial charge >= 0.3 is 0 Å². The lowest BCUT2D eigenvalue weighted by Crippen LogP contribution is -2.49. The number of furan rings is 1. The van der Waals surface area contributed by atoms with Crippen LogP contribution in [0.25, 0.3) is 16.3 Å². The summed E-state index contributed by atoms with van der Waals surface area (Å²) >= 11 is 1.73. The van der Waals surface area contributed by atoms with E-state index in [2.05, 4.69) is 27.9 Å². The third-order valence-electron chi connectivity index (χ3n) is 4.81. The normalized spacial score (nSPS) is 15.6. The Balaban J connectivity index is 1.46. The van der Waals surface area contributed by atoms with Gasteiger partial charge in [0.1, 0.15) is 22.7 Å². The van der Waals surface area contributed by atoms with Gasteiger partial charge in [0.2, 0.25) is 5.91 Å². The van der Waals surface area contributed by atoms with Crippen LogP contribution in [0.5, 0.6) is 0 Å². The molecule has 7 heteroatoms. The van der Waals surface area contributed by atoms with Gasteiger partial charge in [-0.1, -0.05) is 6.92 Å². The topological polar surface area (TPSA) is 62.5 Å². The minimum absolute atomic E-state index is 0.0580. The smallest absolute Gasteiger partial charge is 0.249 e. The Labute approximate surface area is 162 Å². The number of fused-ring (bicyclic) bond motifs is 1. The van der Waals surface area contributed by atoms with Crippen molar-refractivity contribution in [2.75, 3.05) is 31.1 Å². The van der Waals surface area contributed by atoms with Gasteiger partial charge in [0.25, 0.3) is 0 Å². The Bertz CT molecular complexity index is 969. The first-order chi connectivity index (χ1) is 13.2. The molecule has 0 atom stereocenters. The summed E-state index contributed by atoms with van der Waals surface area (Å²) in [4.78, 5) is 28.1. The fourth-order valence-corrected chi connectivity index (χ4v) is 4.27. The van der Waals surface area contributed by atoms with E-state index in [4.69, 9.17) is 4.42 Å². The Morgan fingerprint density at radius 2 is 2.11 bits per heavy atom. The number of aryl methyl sites for hydroxylation is 1. The van der Waals surface area contributed by atoms with E-state index in [0.29, 0.717) is 24.4 Å². The molecule has 0 N–H and O–H groups in total. The molecule has 1 saturated heterocycles. The van der Waals surface area contributed by atoms with Crippen LogP contribution in [-0.4, -0.2) is 47.0 Å². The highest BCUT2D eigenvalue weighted by Crippen LogP contribution is 2.31. The van der Waals surface area contributed by atoms with Crippen molar-refractivity contribution in [1.29, 1.82) is 0 Å². The van der Waals surface area contributed by atoms with Gasteiger partial charge in [0.05, 0.1) is 11.6 Å². The lowest BCUT2D eigenvalue weighted by molar-refractivity contribution is -0.127. The van der Waals surface area contributed by atoms with E-state index < -0.39 is 0 Å². The molecule has 0 bridgehead atoms. The summed E-state index contributed by atoms with van der Waals surface area (Å²) in [5.41, 5.74) is 0.688. The van der Waals surface area contributed by atoms with E-state index in [-0.39, 0.29) is 5.91 Å². The summed E-state index contributed by atoms with van der Waals surface area (Å²) in [6.45, 7) is 6.88. The van der Waals surface area contributed by atoms with E-state index >= 15 is 0 Å². The van der Waals surface area contributed by atoms with Crippen LogP contribution >= 0.6 is 11.3 Å². The molecule has 0 radical (unpaired) electrons. The number of thiophene rings is 1. The zero-order valence-electron chi connectivity index (χ0n) is 15.5. The van der Waals surface area contributed by atoms with E-state index in [1.807, 2.05) is 24.0 Å². The number of amides is 1. The molecule has 0 aromatic carbocycles. The van der Waals surface area contributed by atoms with Gasteiger partial charge in [-0.15, -0.1) is 11.3 Å². The second kappa shape index (κ2) is 7.52.